The zero-order valence-electron chi connectivity index (χ0n) is 17.7. The maximum atomic E-state index is 12.5. The molecule has 3 rings (SSSR count). The number of rotatable bonds is 6. The molecule has 1 aliphatic heterocycles. The number of ether oxygens (including phenoxy) is 2. The molecule has 2 heterocycles. The maximum absolute atomic E-state index is 12.5. The van der Waals surface area contributed by atoms with Gasteiger partial charge >= 0.3 is 0 Å². The van der Waals surface area contributed by atoms with Crippen molar-refractivity contribution in [3.8, 4) is 5.75 Å². The summed E-state index contributed by atoms with van der Waals surface area (Å²) in [5.41, 5.74) is 1.29. The van der Waals surface area contributed by atoms with Gasteiger partial charge in [-0.1, -0.05) is 12.1 Å². The SMILES string of the molecule is COc1ccc([C@@]2(CCNC(=O)c3ccc(=O)n(C)c3)CCOC(C)(C)C2)cc1. The zero-order valence-corrected chi connectivity index (χ0v) is 17.7. The molecule has 1 aromatic carbocycles. The fourth-order valence-electron chi connectivity index (χ4n) is 4.27. The van der Waals surface area contributed by atoms with Crippen molar-refractivity contribution in [1.82, 2.24) is 9.88 Å². The highest BCUT2D eigenvalue weighted by Gasteiger charge is 2.41. The number of benzene rings is 1. The van der Waals surface area contributed by atoms with E-state index in [-0.39, 0.29) is 22.5 Å². The van der Waals surface area contributed by atoms with E-state index in [0.717, 1.165) is 25.0 Å². The molecule has 0 aliphatic carbocycles. The number of carbonyl (C=O) groups is 1. The monoisotopic (exact) mass is 398 g/mol. The molecule has 2 aromatic rings. The molecule has 1 aromatic heterocycles. The Labute approximate surface area is 171 Å². The van der Waals surface area contributed by atoms with Gasteiger partial charge in [0.05, 0.1) is 18.3 Å². The van der Waals surface area contributed by atoms with Crippen LogP contribution in [0.1, 0.15) is 49.0 Å². The van der Waals surface area contributed by atoms with Crippen LogP contribution >= 0.6 is 0 Å². The van der Waals surface area contributed by atoms with E-state index in [1.54, 1.807) is 26.4 Å². The average Bonchev–Trinajstić information content (AvgIpc) is 2.69. The third kappa shape index (κ3) is 4.88. The average molecular weight is 399 g/mol. The van der Waals surface area contributed by atoms with Crippen molar-refractivity contribution in [2.24, 2.45) is 7.05 Å². The van der Waals surface area contributed by atoms with Gasteiger partial charge in [0, 0.05) is 37.9 Å². The molecule has 0 radical (unpaired) electrons. The normalized spacial score (nSPS) is 20.8. The van der Waals surface area contributed by atoms with Gasteiger partial charge in [0.25, 0.3) is 5.91 Å². The minimum absolute atomic E-state index is 0.0785. The predicted octanol–water partition coefficient (Wildman–Crippen LogP) is 3.04. The maximum Gasteiger partial charge on any atom is 0.252 e. The molecule has 156 valence electrons. The van der Waals surface area contributed by atoms with Crippen LogP contribution in [0, 0.1) is 0 Å². The van der Waals surface area contributed by atoms with Crippen LogP contribution in [0.2, 0.25) is 0 Å². The molecule has 0 spiro atoms. The lowest BCUT2D eigenvalue weighted by Gasteiger charge is -2.45. The van der Waals surface area contributed by atoms with Crippen LogP contribution in [0.3, 0.4) is 0 Å². The Morgan fingerprint density at radius 2 is 1.93 bits per heavy atom. The van der Waals surface area contributed by atoms with Crippen LogP contribution in [0.5, 0.6) is 5.75 Å². The zero-order chi connectivity index (χ0) is 21.1. The summed E-state index contributed by atoms with van der Waals surface area (Å²) in [6.45, 7) is 5.47. The summed E-state index contributed by atoms with van der Waals surface area (Å²) in [6, 6.07) is 11.2. The number of hydrogen-bond donors (Lipinski definition) is 1. The first-order chi connectivity index (χ1) is 13.7. The van der Waals surface area contributed by atoms with Crippen LogP contribution in [0.4, 0.5) is 0 Å². The number of aryl methyl sites for hydroxylation is 1. The third-order valence-electron chi connectivity index (χ3n) is 5.78. The molecular formula is C23H30N2O4. The molecule has 1 aliphatic rings. The summed E-state index contributed by atoms with van der Waals surface area (Å²) in [7, 11) is 3.30. The van der Waals surface area contributed by atoms with Crippen molar-refractivity contribution in [1.29, 1.82) is 0 Å². The highest BCUT2D eigenvalue weighted by atomic mass is 16.5. The van der Waals surface area contributed by atoms with E-state index >= 15 is 0 Å². The summed E-state index contributed by atoms with van der Waals surface area (Å²) < 4.78 is 12.7. The van der Waals surface area contributed by atoms with Crippen molar-refractivity contribution >= 4 is 5.91 Å². The standard InChI is InChI=1S/C23H30N2O4/c1-22(2)16-23(12-14-29-22,18-6-8-19(28-4)9-7-18)11-13-24-21(27)17-5-10-20(26)25(3)15-17/h5-10,15H,11-14,16H2,1-4H3,(H,24,27)/t23-/m0/s1. The summed E-state index contributed by atoms with van der Waals surface area (Å²) in [5.74, 6) is 0.662. The fourth-order valence-corrected chi connectivity index (χ4v) is 4.27. The number of nitrogens with zero attached hydrogens (tertiary/aromatic N) is 1. The van der Waals surface area contributed by atoms with E-state index in [1.165, 1.54) is 16.2 Å². The number of hydrogen-bond acceptors (Lipinski definition) is 4. The number of carbonyl (C=O) groups excluding carboxylic acids is 1. The van der Waals surface area contributed by atoms with Gasteiger partial charge in [-0.3, -0.25) is 9.59 Å². The van der Waals surface area contributed by atoms with Crippen LogP contribution in [0.15, 0.2) is 47.4 Å². The van der Waals surface area contributed by atoms with Crippen LogP contribution in [0.25, 0.3) is 0 Å². The quantitative estimate of drug-likeness (QED) is 0.812. The summed E-state index contributed by atoms with van der Waals surface area (Å²) in [6.07, 6.45) is 4.15. The van der Waals surface area contributed by atoms with Crippen LogP contribution in [-0.2, 0) is 17.2 Å². The van der Waals surface area contributed by atoms with Gasteiger partial charge in [-0.25, -0.2) is 0 Å². The van der Waals surface area contributed by atoms with E-state index in [1.807, 2.05) is 12.1 Å². The largest absolute Gasteiger partial charge is 0.497 e. The molecule has 0 unspecified atom stereocenters. The Kier molecular flexibility index (Phi) is 6.13. The number of pyridine rings is 1. The third-order valence-corrected chi connectivity index (χ3v) is 5.78. The second-order valence-corrected chi connectivity index (χ2v) is 8.42. The second-order valence-electron chi connectivity index (χ2n) is 8.42. The van der Waals surface area contributed by atoms with Crippen molar-refractivity contribution in [2.45, 2.75) is 44.1 Å². The molecule has 1 fully saturated rings. The van der Waals surface area contributed by atoms with Crippen molar-refractivity contribution in [3.05, 3.63) is 64.1 Å². The topological polar surface area (TPSA) is 69.6 Å². The number of methoxy groups -OCH3 is 1. The summed E-state index contributed by atoms with van der Waals surface area (Å²) in [5, 5.41) is 3.02. The molecular weight excluding hydrogens is 368 g/mol. The first-order valence-corrected chi connectivity index (χ1v) is 9.98. The van der Waals surface area contributed by atoms with Gasteiger partial charge in [0.15, 0.2) is 0 Å². The Morgan fingerprint density at radius 1 is 1.21 bits per heavy atom. The Balaban J connectivity index is 1.75. The first-order valence-electron chi connectivity index (χ1n) is 9.98. The van der Waals surface area contributed by atoms with E-state index < -0.39 is 0 Å². The Bertz CT molecular complexity index is 917. The van der Waals surface area contributed by atoms with E-state index in [2.05, 4.69) is 31.3 Å². The Morgan fingerprint density at radius 3 is 2.55 bits per heavy atom. The lowest BCUT2D eigenvalue weighted by Crippen LogP contribution is -2.45. The molecule has 1 amide bonds. The van der Waals surface area contributed by atoms with E-state index in [4.69, 9.17) is 9.47 Å². The lowest BCUT2D eigenvalue weighted by atomic mass is 9.67. The number of nitrogens with one attached hydrogen (secondary N) is 1. The van der Waals surface area contributed by atoms with Gasteiger partial charge in [0.1, 0.15) is 5.75 Å². The summed E-state index contributed by atoms with van der Waals surface area (Å²) >= 11 is 0. The fraction of sp³-hybridized carbons (Fsp3) is 0.478. The van der Waals surface area contributed by atoms with E-state index in [9.17, 15) is 9.59 Å². The number of aromatic nitrogens is 1. The van der Waals surface area contributed by atoms with Crippen molar-refractivity contribution in [3.63, 3.8) is 0 Å². The van der Waals surface area contributed by atoms with Crippen LogP contribution < -0.4 is 15.6 Å². The number of amides is 1. The highest BCUT2D eigenvalue weighted by Crippen LogP contribution is 2.44. The lowest BCUT2D eigenvalue weighted by molar-refractivity contribution is -0.0838. The second kappa shape index (κ2) is 8.41. The summed E-state index contributed by atoms with van der Waals surface area (Å²) in [4.78, 5) is 24.1. The predicted molar refractivity (Wildman–Crippen MR) is 113 cm³/mol. The minimum Gasteiger partial charge on any atom is -0.497 e. The molecule has 6 heteroatoms. The Hall–Kier alpha value is -2.60. The van der Waals surface area contributed by atoms with Crippen molar-refractivity contribution < 1.29 is 14.3 Å². The van der Waals surface area contributed by atoms with Crippen molar-refractivity contribution in [2.75, 3.05) is 20.3 Å². The van der Waals surface area contributed by atoms with Crippen LogP contribution in [-0.4, -0.2) is 36.3 Å². The molecule has 6 nitrogen and oxygen atoms in total. The smallest absolute Gasteiger partial charge is 0.252 e. The highest BCUT2D eigenvalue weighted by molar-refractivity contribution is 5.93. The first kappa shape index (κ1) is 21.1. The van der Waals surface area contributed by atoms with E-state index in [0.29, 0.717) is 18.7 Å². The molecule has 1 saturated heterocycles. The van der Waals surface area contributed by atoms with Gasteiger partial charge in [-0.2, -0.15) is 0 Å². The molecule has 0 saturated carbocycles. The van der Waals surface area contributed by atoms with Gasteiger partial charge in [-0.15, -0.1) is 0 Å². The molecule has 29 heavy (non-hydrogen) atoms. The van der Waals surface area contributed by atoms with Gasteiger partial charge in [0.2, 0.25) is 5.56 Å². The molecule has 1 atom stereocenters. The molecule has 0 bridgehead atoms. The minimum atomic E-state index is -0.222. The van der Waals surface area contributed by atoms with Gasteiger partial charge < -0.3 is 19.4 Å². The molecule has 1 N–H and O–H groups in total. The van der Waals surface area contributed by atoms with Gasteiger partial charge in [-0.05, 0) is 56.9 Å².